The average Bonchev–Trinajstić information content (AvgIpc) is 2.29. The van der Waals surface area contributed by atoms with Crippen molar-refractivity contribution in [1.29, 1.82) is 0 Å². The minimum Gasteiger partial charge on any atom is -0.481 e. The van der Waals surface area contributed by atoms with E-state index >= 15 is 0 Å². The Labute approximate surface area is 125 Å². The summed E-state index contributed by atoms with van der Waals surface area (Å²) in [6, 6.07) is 6.77. The summed E-state index contributed by atoms with van der Waals surface area (Å²) in [6.45, 7) is 7.03. The number of hydrogen-bond acceptors (Lipinski definition) is 4. The van der Waals surface area contributed by atoms with E-state index < -0.39 is 29.5 Å². The number of hydrogen-bond donors (Lipinski definition) is 2. The second kappa shape index (κ2) is 6.72. The third-order valence-electron chi connectivity index (χ3n) is 2.95. The fourth-order valence-electron chi connectivity index (χ4n) is 1.94. The Morgan fingerprint density at radius 2 is 1.76 bits per heavy atom. The van der Waals surface area contributed by atoms with Gasteiger partial charge in [0.25, 0.3) is 0 Å². The van der Waals surface area contributed by atoms with Gasteiger partial charge in [0.15, 0.2) is 5.92 Å². The maximum atomic E-state index is 12.0. The molecule has 0 aliphatic heterocycles. The number of carbonyl (C=O) groups is 2. The quantitative estimate of drug-likeness (QED) is 0.639. The van der Waals surface area contributed by atoms with E-state index in [0.29, 0.717) is 6.42 Å². The third kappa shape index (κ3) is 5.55. The Balaban J connectivity index is 2.82. The van der Waals surface area contributed by atoms with Crippen LogP contribution in [0.4, 0.5) is 0 Å². The summed E-state index contributed by atoms with van der Waals surface area (Å²) < 4.78 is 5.14. The van der Waals surface area contributed by atoms with E-state index in [1.54, 1.807) is 20.8 Å². The Bertz CT molecular complexity index is 502. The third-order valence-corrected chi connectivity index (χ3v) is 2.95. The Hall–Kier alpha value is -1.88. The van der Waals surface area contributed by atoms with Crippen molar-refractivity contribution in [1.82, 2.24) is 0 Å². The molecule has 1 aromatic rings. The molecule has 5 heteroatoms. The fourth-order valence-corrected chi connectivity index (χ4v) is 1.94. The summed E-state index contributed by atoms with van der Waals surface area (Å²) in [4.78, 5) is 23.3. The van der Waals surface area contributed by atoms with Crippen molar-refractivity contribution >= 4 is 11.9 Å². The second-order valence-corrected chi connectivity index (χ2v) is 6.20. The minimum atomic E-state index is -1.37. The summed E-state index contributed by atoms with van der Waals surface area (Å²) in [5.74, 6) is -3.43. The molecular formula is C16H23NO4. The van der Waals surface area contributed by atoms with Gasteiger partial charge in [-0.15, -0.1) is 0 Å². The zero-order valence-electron chi connectivity index (χ0n) is 12.9. The fraction of sp³-hybridized carbons (Fsp3) is 0.500. The first-order valence-corrected chi connectivity index (χ1v) is 6.87. The summed E-state index contributed by atoms with van der Waals surface area (Å²) in [5, 5.41) is 9.25. The van der Waals surface area contributed by atoms with E-state index in [2.05, 4.69) is 0 Å². The number of benzene rings is 1. The molecule has 1 rings (SSSR count). The highest BCUT2D eigenvalue weighted by Gasteiger charge is 2.36. The smallest absolute Gasteiger partial charge is 0.322 e. The van der Waals surface area contributed by atoms with Crippen molar-refractivity contribution in [3.63, 3.8) is 0 Å². The highest BCUT2D eigenvalue weighted by molar-refractivity contribution is 5.95. The number of ether oxygens (including phenoxy) is 1. The second-order valence-electron chi connectivity index (χ2n) is 6.20. The van der Waals surface area contributed by atoms with Crippen LogP contribution in [0.25, 0.3) is 0 Å². The lowest BCUT2D eigenvalue weighted by Gasteiger charge is -2.25. The van der Waals surface area contributed by atoms with E-state index in [1.165, 1.54) is 0 Å². The summed E-state index contributed by atoms with van der Waals surface area (Å²) in [5.41, 5.74) is 7.18. The van der Waals surface area contributed by atoms with Gasteiger partial charge in [-0.2, -0.15) is 0 Å². The number of esters is 1. The minimum absolute atomic E-state index is 0.302. The number of nitrogens with two attached hydrogens (primary N) is 1. The lowest BCUT2D eigenvalue weighted by molar-refractivity contribution is -0.167. The standard InChI is InChI=1S/C16H23NO4/c1-10-5-7-11(8-6-10)9-12(17)13(14(18)19)15(20)21-16(2,3)4/h5-8,12-13H,9,17H2,1-4H3,(H,18,19)/t12-,13+/m1/s1. The van der Waals surface area contributed by atoms with Crippen molar-refractivity contribution in [3.8, 4) is 0 Å². The van der Waals surface area contributed by atoms with E-state index in [-0.39, 0.29) is 0 Å². The molecule has 0 aliphatic rings. The molecule has 0 unspecified atom stereocenters. The van der Waals surface area contributed by atoms with E-state index in [4.69, 9.17) is 10.5 Å². The molecule has 2 atom stereocenters. The van der Waals surface area contributed by atoms with Crippen LogP contribution in [0.3, 0.4) is 0 Å². The predicted octanol–water partition coefficient (Wildman–Crippen LogP) is 1.91. The molecule has 0 saturated heterocycles. The first-order chi connectivity index (χ1) is 9.60. The van der Waals surface area contributed by atoms with Gasteiger partial charge in [-0.25, -0.2) is 0 Å². The number of rotatable bonds is 5. The van der Waals surface area contributed by atoms with Gasteiger partial charge in [-0.05, 0) is 39.7 Å². The predicted molar refractivity (Wildman–Crippen MR) is 79.8 cm³/mol. The average molecular weight is 293 g/mol. The van der Waals surface area contributed by atoms with E-state index in [0.717, 1.165) is 11.1 Å². The molecule has 1 aromatic carbocycles. The molecule has 0 radical (unpaired) electrons. The Morgan fingerprint density at radius 3 is 2.19 bits per heavy atom. The number of carbonyl (C=O) groups excluding carboxylic acids is 1. The van der Waals surface area contributed by atoms with Gasteiger partial charge in [-0.1, -0.05) is 29.8 Å². The van der Waals surface area contributed by atoms with Gasteiger partial charge in [-0.3, -0.25) is 9.59 Å². The highest BCUT2D eigenvalue weighted by atomic mass is 16.6. The normalized spacial score (nSPS) is 14.3. The Morgan fingerprint density at radius 1 is 1.24 bits per heavy atom. The zero-order valence-corrected chi connectivity index (χ0v) is 12.9. The van der Waals surface area contributed by atoms with Crippen molar-refractivity contribution in [2.45, 2.75) is 45.8 Å². The van der Waals surface area contributed by atoms with Crippen LogP contribution < -0.4 is 5.73 Å². The molecule has 21 heavy (non-hydrogen) atoms. The number of aryl methyl sites for hydroxylation is 1. The maximum Gasteiger partial charge on any atom is 0.322 e. The lowest BCUT2D eigenvalue weighted by Crippen LogP contribution is -2.45. The monoisotopic (exact) mass is 293 g/mol. The molecule has 0 aliphatic carbocycles. The van der Waals surface area contributed by atoms with Gasteiger partial charge in [0.05, 0.1) is 0 Å². The molecule has 0 aromatic heterocycles. The molecular weight excluding hydrogens is 270 g/mol. The van der Waals surface area contributed by atoms with Gasteiger partial charge < -0.3 is 15.6 Å². The van der Waals surface area contributed by atoms with Crippen molar-refractivity contribution in [2.75, 3.05) is 0 Å². The molecule has 0 spiro atoms. The zero-order chi connectivity index (χ0) is 16.2. The van der Waals surface area contributed by atoms with Crippen LogP contribution in [-0.2, 0) is 20.7 Å². The van der Waals surface area contributed by atoms with Crippen LogP contribution in [0.15, 0.2) is 24.3 Å². The highest BCUT2D eigenvalue weighted by Crippen LogP contribution is 2.16. The molecule has 5 nitrogen and oxygen atoms in total. The topological polar surface area (TPSA) is 89.6 Å². The van der Waals surface area contributed by atoms with Crippen LogP contribution in [0, 0.1) is 12.8 Å². The van der Waals surface area contributed by atoms with Crippen molar-refractivity contribution < 1.29 is 19.4 Å². The largest absolute Gasteiger partial charge is 0.481 e. The Kier molecular flexibility index (Phi) is 5.49. The summed E-state index contributed by atoms with van der Waals surface area (Å²) in [7, 11) is 0. The molecule has 0 bridgehead atoms. The molecule has 0 amide bonds. The molecule has 3 N–H and O–H groups in total. The SMILES string of the molecule is Cc1ccc(C[C@@H](N)[C@@H](C(=O)O)C(=O)OC(C)(C)C)cc1. The molecule has 0 heterocycles. The summed E-state index contributed by atoms with van der Waals surface area (Å²) in [6.07, 6.45) is 0.302. The van der Waals surface area contributed by atoms with Crippen LogP contribution in [-0.4, -0.2) is 28.7 Å². The van der Waals surface area contributed by atoms with Crippen LogP contribution >= 0.6 is 0 Å². The van der Waals surface area contributed by atoms with Crippen LogP contribution in [0.5, 0.6) is 0 Å². The van der Waals surface area contributed by atoms with Gasteiger partial charge >= 0.3 is 11.9 Å². The summed E-state index contributed by atoms with van der Waals surface area (Å²) >= 11 is 0. The van der Waals surface area contributed by atoms with Gasteiger partial charge in [0, 0.05) is 6.04 Å². The number of carboxylic acids is 1. The number of carboxylic acid groups (broad SMARTS) is 1. The van der Waals surface area contributed by atoms with E-state index in [9.17, 15) is 14.7 Å². The van der Waals surface area contributed by atoms with Gasteiger partial charge in [0.2, 0.25) is 0 Å². The van der Waals surface area contributed by atoms with Gasteiger partial charge in [0.1, 0.15) is 5.60 Å². The molecule has 0 saturated carbocycles. The van der Waals surface area contributed by atoms with Crippen LogP contribution in [0.1, 0.15) is 31.9 Å². The maximum absolute atomic E-state index is 12.0. The molecule has 116 valence electrons. The van der Waals surface area contributed by atoms with Crippen molar-refractivity contribution in [2.24, 2.45) is 11.7 Å². The van der Waals surface area contributed by atoms with Crippen molar-refractivity contribution in [3.05, 3.63) is 35.4 Å². The number of aliphatic carboxylic acids is 1. The first kappa shape index (κ1) is 17.2. The molecule has 0 fully saturated rings. The van der Waals surface area contributed by atoms with E-state index in [1.807, 2.05) is 31.2 Å². The first-order valence-electron chi connectivity index (χ1n) is 6.87. The van der Waals surface area contributed by atoms with Crippen LogP contribution in [0.2, 0.25) is 0 Å². The lowest BCUT2D eigenvalue weighted by atomic mass is 9.93.